The largest absolute Gasteiger partial charge is 0.419 e. The van der Waals surface area contributed by atoms with Gasteiger partial charge in [0, 0.05) is 36.9 Å². The maximum atomic E-state index is 5.65. The third-order valence-corrected chi connectivity index (χ3v) is 4.78. The fourth-order valence-electron chi connectivity index (χ4n) is 2.52. The zero-order chi connectivity index (χ0) is 14.4. The van der Waals surface area contributed by atoms with Crippen LogP contribution in [0.5, 0.6) is 0 Å². The second kappa shape index (κ2) is 7.63. The second-order valence-corrected chi connectivity index (χ2v) is 9.33. The lowest BCUT2D eigenvalue weighted by molar-refractivity contribution is 0.0400. The van der Waals surface area contributed by atoms with Gasteiger partial charge >= 0.3 is 0 Å². The van der Waals surface area contributed by atoms with E-state index in [2.05, 4.69) is 65.2 Å². The molecule has 0 fully saturated rings. The summed E-state index contributed by atoms with van der Waals surface area (Å²) < 4.78 is 5.65. The number of hydrogen-bond donors (Lipinski definition) is 1. The lowest BCUT2D eigenvalue weighted by Gasteiger charge is -2.45. The topological polar surface area (TPSA) is 24.5 Å². The lowest BCUT2D eigenvalue weighted by Crippen LogP contribution is -2.54. The molecule has 1 unspecified atom stereocenters. The van der Waals surface area contributed by atoms with Gasteiger partial charge in [0.15, 0.2) is 9.04 Å². The van der Waals surface area contributed by atoms with Gasteiger partial charge < -0.3 is 9.74 Å². The van der Waals surface area contributed by atoms with Gasteiger partial charge in [-0.3, -0.25) is 4.90 Å². The van der Waals surface area contributed by atoms with Crippen molar-refractivity contribution in [3.05, 3.63) is 0 Å². The third-order valence-electron chi connectivity index (χ3n) is 3.01. The standard InChI is InChI=1S/C14H34N2OSi/c1-9-17-18(8)12-15-10-11-16(13(2,3)4)14(5,6)7/h15,18H,9-12H2,1-8H3. The third kappa shape index (κ3) is 7.51. The zero-order valence-electron chi connectivity index (χ0n) is 13.8. The Labute approximate surface area is 116 Å². The minimum Gasteiger partial charge on any atom is -0.419 e. The molecule has 1 atom stereocenters. The molecule has 0 aliphatic heterocycles. The van der Waals surface area contributed by atoms with E-state index in [0.29, 0.717) is 0 Å². The van der Waals surface area contributed by atoms with Crippen LogP contribution in [0.4, 0.5) is 0 Å². The van der Waals surface area contributed by atoms with Crippen LogP contribution < -0.4 is 5.32 Å². The Morgan fingerprint density at radius 3 is 1.94 bits per heavy atom. The van der Waals surface area contributed by atoms with Crippen LogP contribution in [0.1, 0.15) is 48.5 Å². The lowest BCUT2D eigenvalue weighted by atomic mass is 9.96. The summed E-state index contributed by atoms with van der Waals surface area (Å²) in [6, 6.07) is 0. The molecule has 0 spiro atoms. The Hall–Kier alpha value is 0.0969. The molecule has 0 rings (SSSR count). The molecule has 0 aromatic carbocycles. The van der Waals surface area contributed by atoms with Crippen LogP contribution in [0.2, 0.25) is 6.55 Å². The predicted octanol–water partition coefficient (Wildman–Crippen LogP) is 2.40. The monoisotopic (exact) mass is 274 g/mol. The van der Waals surface area contributed by atoms with Crippen LogP contribution in [0, 0.1) is 0 Å². The van der Waals surface area contributed by atoms with E-state index in [9.17, 15) is 0 Å². The van der Waals surface area contributed by atoms with Crippen molar-refractivity contribution in [1.82, 2.24) is 10.2 Å². The van der Waals surface area contributed by atoms with Gasteiger partial charge in [-0.1, -0.05) is 0 Å². The molecule has 0 heterocycles. The smallest absolute Gasteiger partial charge is 0.187 e. The number of hydrogen-bond acceptors (Lipinski definition) is 3. The average molecular weight is 275 g/mol. The fourth-order valence-corrected chi connectivity index (χ4v) is 3.81. The summed E-state index contributed by atoms with van der Waals surface area (Å²) in [6.07, 6.45) is 1.07. The van der Waals surface area contributed by atoms with Gasteiger partial charge in [-0.05, 0) is 55.0 Å². The number of nitrogens with zero attached hydrogens (tertiary/aromatic N) is 1. The summed E-state index contributed by atoms with van der Waals surface area (Å²) in [5, 5.41) is 3.54. The molecule has 0 aromatic heterocycles. The maximum Gasteiger partial charge on any atom is 0.187 e. The summed E-state index contributed by atoms with van der Waals surface area (Å²) in [5.41, 5.74) is 0.422. The Morgan fingerprint density at radius 2 is 1.56 bits per heavy atom. The van der Waals surface area contributed by atoms with Crippen molar-refractivity contribution in [3.8, 4) is 0 Å². The van der Waals surface area contributed by atoms with Crippen LogP contribution in [-0.4, -0.2) is 50.9 Å². The second-order valence-electron chi connectivity index (χ2n) is 6.96. The van der Waals surface area contributed by atoms with Crippen molar-refractivity contribution >= 4 is 9.04 Å². The molecule has 0 amide bonds. The Balaban J connectivity index is 4.07. The first-order chi connectivity index (χ1) is 8.09. The van der Waals surface area contributed by atoms with E-state index >= 15 is 0 Å². The van der Waals surface area contributed by atoms with E-state index < -0.39 is 9.04 Å². The van der Waals surface area contributed by atoms with E-state index in [1.54, 1.807) is 0 Å². The summed E-state index contributed by atoms with van der Waals surface area (Å²) in [4.78, 5) is 2.56. The van der Waals surface area contributed by atoms with E-state index in [1.165, 1.54) is 0 Å². The molecule has 3 nitrogen and oxygen atoms in total. The molecule has 0 aromatic rings. The van der Waals surface area contributed by atoms with Crippen molar-refractivity contribution in [2.45, 2.75) is 66.1 Å². The first-order valence-electron chi connectivity index (χ1n) is 7.19. The van der Waals surface area contributed by atoms with E-state index in [1.807, 2.05) is 0 Å². The average Bonchev–Trinajstić information content (AvgIpc) is 2.13. The Kier molecular flexibility index (Phi) is 7.67. The van der Waals surface area contributed by atoms with Gasteiger partial charge in [-0.25, -0.2) is 0 Å². The first kappa shape index (κ1) is 18.1. The van der Waals surface area contributed by atoms with E-state index in [0.717, 1.165) is 25.9 Å². The maximum absolute atomic E-state index is 5.65. The quantitative estimate of drug-likeness (QED) is 0.570. The Bertz CT molecular complexity index is 207. The highest BCUT2D eigenvalue weighted by Gasteiger charge is 2.30. The SMILES string of the molecule is CCO[SiH](C)CNCCN(C(C)(C)C)C(C)(C)C. The molecule has 18 heavy (non-hydrogen) atoms. The molecule has 0 radical (unpaired) electrons. The minimum absolute atomic E-state index is 0.211. The van der Waals surface area contributed by atoms with Crippen molar-refractivity contribution < 1.29 is 4.43 Å². The van der Waals surface area contributed by atoms with Crippen LogP contribution >= 0.6 is 0 Å². The molecular formula is C14H34N2OSi. The molecule has 4 heteroatoms. The van der Waals surface area contributed by atoms with Crippen molar-refractivity contribution in [3.63, 3.8) is 0 Å². The van der Waals surface area contributed by atoms with E-state index in [4.69, 9.17) is 4.43 Å². The summed E-state index contributed by atoms with van der Waals surface area (Å²) in [5.74, 6) is 0. The highest BCUT2D eigenvalue weighted by atomic mass is 28.3. The fraction of sp³-hybridized carbons (Fsp3) is 1.00. The first-order valence-corrected chi connectivity index (χ1v) is 9.63. The summed E-state index contributed by atoms with van der Waals surface area (Å²) >= 11 is 0. The predicted molar refractivity (Wildman–Crippen MR) is 83.7 cm³/mol. The molecule has 0 aliphatic carbocycles. The molecule has 0 saturated carbocycles. The minimum atomic E-state index is -0.979. The van der Waals surface area contributed by atoms with Gasteiger partial charge in [-0.15, -0.1) is 0 Å². The molecular weight excluding hydrogens is 240 g/mol. The van der Waals surface area contributed by atoms with Gasteiger partial charge in [0.05, 0.1) is 0 Å². The van der Waals surface area contributed by atoms with E-state index in [-0.39, 0.29) is 11.1 Å². The molecule has 1 N–H and O–H groups in total. The molecule has 0 saturated heterocycles. The van der Waals surface area contributed by atoms with Gasteiger partial charge in [0.2, 0.25) is 0 Å². The zero-order valence-corrected chi connectivity index (χ0v) is 14.9. The normalized spacial score (nSPS) is 15.2. The number of nitrogens with one attached hydrogen (secondary N) is 1. The van der Waals surface area contributed by atoms with Gasteiger partial charge in [-0.2, -0.15) is 0 Å². The number of rotatable bonds is 7. The van der Waals surface area contributed by atoms with Crippen molar-refractivity contribution in [2.75, 3.05) is 25.9 Å². The van der Waals surface area contributed by atoms with Crippen LogP contribution in [0.15, 0.2) is 0 Å². The van der Waals surface area contributed by atoms with Crippen LogP contribution in [-0.2, 0) is 4.43 Å². The van der Waals surface area contributed by atoms with Crippen LogP contribution in [0.25, 0.3) is 0 Å². The molecule has 0 bridgehead atoms. The van der Waals surface area contributed by atoms with Crippen molar-refractivity contribution in [1.29, 1.82) is 0 Å². The summed E-state index contributed by atoms with van der Waals surface area (Å²) in [6.45, 7) is 21.0. The van der Waals surface area contributed by atoms with Crippen molar-refractivity contribution in [2.24, 2.45) is 0 Å². The van der Waals surface area contributed by atoms with Crippen LogP contribution in [0.3, 0.4) is 0 Å². The highest BCUT2D eigenvalue weighted by molar-refractivity contribution is 6.50. The molecule has 110 valence electrons. The highest BCUT2D eigenvalue weighted by Crippen LogP contribution is 2.23. The van der Waals surface area contributed by atoms with Gasteiger partial charge in [0.1, 0.15) is 0 Å². The summed E-state index contributed by atoms with van der Waals surface area (Å²) in [7, 11) is -0.979. The molecule has 0 aliphatic rings. The van der Waals surface area contributed by atoms with Gasteiger partial charge in [0.25, 0.3) is 0 Å². The Morgan fingerprint density at radius 1 is 1.06 bits per heavy atom.